The molecule has 0 aromatic carbocycles. The van der Waals surface area contributed by atoms with Gasteiger partial charge in [-0.25, -0.2) is 0 Å². The van der Waals surface area contributed by atoms with E-state index in [1.807, 2.05) is 4.90 Å². The molecule has 2 rings (SSSR count). The number of carbonyl (C=O) groups is 1. The van der Waals surface area contributed by atoms with Gasteiger partial charge in [0.15, 0.2) is 0 Å². The van der Waals surface area contributed by atoms with Crippen molar-refractivity contribution in [2.24, 2.45) is 11.7 Å². The molecule has 2 fully saturated rings. The molecule has 0 radical (unpaired) electrons. The number of rotatable bonds is 2. The normalized spacial score (nSPS) is 29.9. The molecule has 3 heteroatoms. The van der Waals surface area contributed by atoms with Crippen molar-refractivity contribution in [2.75, 3.05) is 13.1 Å². The lowest BCUT2D eigenvalue weighted by atomic mass is 10.0. The lowest BCUT2D eigenvalue weighted by Crippen LogP contribution is -2.47. The largest absolute Gasteiger partial charge is 0.341 e. The highest BCUT2D eigenvalue weighted by molar-refractivity contribution is 5.77. The van der Waals surface area contributed by atoms with Crippen LogP contribution in [0.5, 0.6) is 0 Å². The maximum absolute atomic E-state index is 11.6. The van der Waals surface area contributed by atoms with Gasteiger partial charge in [-0.2, -0.15) is 0 Å². The molecule has 1 heterocycles. The highest BCUT2D eigenvalue weighted by Gasteiger charge is 2.26. The molecular formula is C11H20N2O. The topological polar surface area (TPSA) is 46.3 Å². The first-order valence-corrected chi connectivity index (χ1v) is 5.79. The SMILES string of the molecule is NC1CCC(=O)N(CC2CCCC2)C1. The lowest BCUT2D eigenvalue weighted by molar-refractivity contribution is -0.134. The number of nitrogens with two attached hydrogens (primary N) is 1. The predicted octanol–water partition coefficient (Wildman–Crippen LogP) is 1.13. The van der Waals surface area contributed by atoms with Gasteiger partial charge < -0.3 is 10.6 Å². The van der Waals surface area contributed by atoms with Crippen LogP contribution in [0.1, 0.15) is 38.5 Å². The van der Waals surface area contributed by atoms with Crippen LogP contribution in [-0.4, -0.2) is 29.9 Å². The molecule has 1 aliphatic heterocycles. The Labute approximate surface area is 85.6 Å². The summed E-state index contributed by atoms with van der Waals surface area (Å²) in [5, 5.41) is 0. The van der Waals surface area contributed by atoms with E-state index < -0.39 is 0 Å². The molecule has 0 aromatic rings. The molecule has 80 valence electrons. The smallest absolute Gasteiger partial charge is 0.222 e. The Hall–Kier alpha value is -0.570. The van der Waals surface area contributed by atoms with Crippen molar-refractivity contribution < 1.29 is 4.79 Å². The maximum Gasteiger partial charge on any atom is 0.222 e. The Morgan fingerprint density at radius 3 is 2.71 bits per heavy atom. The van der Waals surface area contributed by atoms with E-state index >= 15 is 0 Å². The van der Waals surface area contributed by atoms with E-state index in [0.29, 0.717) is 12.3 Å². The van der Waals surface area contributed by atoms with Gasteiger partial charge in [0.2, 0.25) is 5.91 Å². The van der Waals surface area contributed by atoms with Crippen molar-refractivity contribution in [2.45, 2.75) is 44.6 Å². The molecule has 1 atom stereocenters. The summed E-state index contributed by atoms with van der Waals surface area (Å²) in [6.07, 6.45) is 6.84. The fourth-order valence-corrected chi connectivity index (χ4v) is 2.62. The van der Waals surface area contributed by atoms with Crippen LogP contribution < -0.4 is 5.73 Å². The minimum atomic E-state index is 0.217. The fourth-order valence-electron chi connectivity index (χ4n) is 2.62. The summed E-state index contributed by atoms with van der Waals surface area (Å²) >= 11 is 0. The Bertz CT molecular complexity index is 211. The third kappa shape index (κ3) is 2.27. The van der Waals surface area contributed by atoms with Crippen LogP contribution in [0.15, 0.2) is 0 Å². The number of hydrogen-bond donors (Lipinski definition) is 1. The molecule has 1 aliphatic carbocycles. The number of likely N-dealkylation sites (tertiary alicyclic amines) is 1. The van der Waals surface area contributed by atoms with Gasteiger partial charge in [-0.05, 0) is 25.2 Å². The van der Waals surface area contributed by atoms with Crippen molar-refractivity contribution in [1.82, 2.24) is 4.90 Å². The first-order chi connectivity index (χ1) is 6.75. The van der Waals surface area contributed by atoms with Crippen molar-refractivity contribution in [1.29, 1.82) is 0 Å². The van der Waals surface area contributed by atoms with Crippen LogP contribution >= 0.6 is 0 Å². The van der Waals surface area contributed by atoms with Gasteiger partial charge in [-0.15, -0.1) is 0 Å². The summed E-state index contributed by atoms with van der Waals surface area (Å²) in [5.74, 6) is 1.07. The minimum absolute atomic E-state index is 0.217. The van der Waals surface area contributed by atoms with Crippen LogP contribution in [0, 0.1) is 5.92 Å². The Balaban J connectivity index is 1.85. The number of amides is 1. The summed E-state index contributed by atoms with van der Waals surface area (Å²) in [5.41, 5.74) is 5.87. The van der Waals surface area contributed by atoms with Gasteiger partial charge in [0.05, 0.1) is 0 Å². The van der Waals surface area contributed by atoms with Crippen LogP contribution in [0.3, 0.4) is 0 Å². The molecule has 0 spiro atoms. The second-order valence-electron chi connectivity index (χ2n) is 4.75. The molecule has 1 saturated carbocycles. The van der Waals surface area contributed by atoms with Crippen LogP contribution in [-0.2, 0) is 4.79 Å². The summed E-state index contributed by atoms with van der Waals surface area (Å²) in [6, 6.07) is 0.217. The number of nitrogens with zero attached hydrogens (tertiary/aromatic N) is 1. The minimum Gasteiger partial charge on any atom is -0.341 e. The zero-order valence-electron chi connectivity index (χ0n) is 8.74. The molecule has 1 saturated heterocycles. The van der Waals surface area contributed by atoms with E-state index in [9.17, 15) is 4.79 Å². The van der Waals surface area contributed by atoms with E-state index in [1.165, 1.54) is 25.7 Å². The van der Waals surface area contributed by atoms with Gasteiger partial charge >= 0.3 is 0 Å². The molecule has 0 bridgehead atoms. The second-order valence-corrected chi connectivity index (χ2v) is 4.75. The zero-order valence-corrected chi connectivity index (χ0v) is 8.74. The predicted molar refractivity (Wildman–Crippen MR) is 55.7 cm³/mol. The lowest BCUT2D eigenvalue weighted by Gasteiger charge is -2.32. The molecule has 3 nitrogen and oxygen atoms in total. The van der Waals surface area contributed by atoms with Crippen molar-refractivity contribution in [3.05, 3.63) is 0 Å². The Morgan fingerprint density at radius 1 is 1.29 bits per heavy atom. The van der Waals surface area contributed by atoms with Crippen molar-refractivity contribution in [3.63, 3.8) is 0 Å². The van der Waals surface area contributed by atoms with E-state index in [1.54, 1.807) is 0 Å². The van der Waals surface area contributed by atoms with E-state index in [0.717, 1.165) is 25.4 Å². The van der Waals surface area contributed by atoms with Crippen LogP contribution in [0.2, 0.25) is 0 Å². The van der Waals surface area contributed by atoms with Gasteiger partial charge in [-0.1, -0.05) is 12.8 Å². The molecule has 2 aliphatic rings. The molecule has 2 N–H and O–H groups in total. The standard InChI is InChI=1S/C11H20N2O/c12-10-5-6-11(14)13(8-10)7-9-3-1-2-4-9/h9-10H,1-8,12H2. The molecule has 14 heavy (non-hydrogen) atoms. The van der Waals surface area contributed by atoms with Crippen molar-refractivity contribution in [3.8, 4) is 0 Å². The summed E-state index contributed by atoms with van der Waals surface area (Å²) in [6.45, 7) is 1.75. The quantitative estimate of drug-likeness (QED) is 0.719. The Morgan fingerprint density at radius 2 is 2.00 bits per heavy atom. The second kappa shape index (κ2) is 4.30. The van der Waals surface area contributed by atoms with E-state index in [-0.39, 0.29) is 6.04 Å². The number of carbonyl (C=O) groups excluding carboxylic acids is 1. The number of hydrogen-bond acceptors (Lipinski definition) is 2. The monoisotopic (exact) mass is 196 g/mol. The first kappa shape index (κ1) is 9.97. The molecule has 1 amide bonds. The maximum atomic E-state index is 11.6. The zero-order chi connectivity index (χ0) is 9.97. The third-order valence-electron chi connectivity index (χ3n) is 3.49. The summed E-state index contributed by atoms with van der Waals surface area (Å²) < 4.78 is 0. The third-order valence-corrected chi connectivity index (χ3v) is 3.49. The fraction of sp³-hybridized carbons (Fsp3) is 0.909. The van der Waals surface area contributed by atoms with Gasteiger partial charge in [0, 0.05) is 25.6 Å². The van der Waals surface area contributed by atoms with Gasteiger partial charge in [0.1, 0.15) is 0 Å². The molecule has 0 aromatic heterocycles. The molecular weight excluding hydrogens is 176 g/mol. The highest BCUT2D eigenvalue weighted by atomic mass is 16.2. The molecule has 1 unspecified atom stereocenters. The summed E-state index contributed by atoms with van der Waals surface area (Å²) in [7, 11) is 0. The average molecular weight is 196 g/mol. The van der Waals surface area contributed by atoms with Crippen LogP contribution in [0.25, 0.3) is 0 Å². The highest BCUT2D eigenvalue weighted by Crippen LogP contribution is 2.26. The van der Waals surface area contributed by atoms with E-state index in [2.05, 4.69) is 0 Å². The summed E-state index contributed by atoms with van der Waals surface area (Å²) in [4.78, 5) is 13.6. The van der Waals surface area contributed by atoms with Crippen LogP contribution in [0.4, 0.5) is 0 Å². The van der Waals surface area contributed by atoms with E-state index in [4.69, 9.17) is 5.73 Å². The average Bonchev–Trinajstić information content (AvgIpc) is 2.64. The first-order valence-electron chi connectivity index (χ1n) is 5.79. The Kier molecular flexibility index (Phi) is 3.06. The number of piperidine rings is 1. The van der Waals surface area contributed by atoms with Gasteiger partial charge in [0.25, 0.3) is 0 Å². The van der Waals surface area contributed by atoms with Crippen molar-refractivity contribution >= 4 is 5.91 Å². The van der Waals surface area contributed by atoms with Gasteiger partial charge in [-0.3, -0.25) is 4.79 Å².